The lowest BCUT2D eigenvalue weighted by molar-refractivity contribution is 0.0146. The maximum atomic E-state index is 12.3. The second-order valence-corrected chi connectivity index (χ2v) is 9.38. The molecule has 34 heavy (non-hydrogen) atoms. The van der Waals surface area contributed by atoms with Gasteiger partial charge in [-0.25, -0.2) is 0 Å². The van der Waals surface area contributed by atoms with Crippen LogP contribution >= 0.6 is 0 Å². The van der Waals surface area contributed by atoms with Crippen LogP contribution in [-0.2, 0) is 6.54 Å². The fourth-order valence-corrected chi connectivity index (χ4v) is 4.19. The number of hydrogen-bond acceptors (Lipinski definition) is 4. The van der Waals surface area contributed by atoms with E-state index < -0.39 is 0 Å². The number of benzene rings is 3. The number of carbonyl (C=O) groups is 1. The zero-order valence-corrected chi connectivity index (χ0v) is 20.3. The number of ether oxygens (including phenoxy) is 1. The van der Waals surface area contributed by atoms with Gasteiger partial charge in [0.2, 0.25) is 0 Å². The van der Waals surface area contributed by atoms with Crippen LogP contribution in [0.4, 0.5) is 0 Å². The van der Waals surface area contributed by atoms with Gasteiger partial charge in [-0.1, -0.05) is 62.4 Å². The van der Waals surface area contributed by atoms with Crippen LogP contribution in [0.15, 0.2) is 72.8 Å². The molecule has 1 saturated heterocycles. The Morgan fingerprint density at radius 3 is 2.12 bits per heavy atom. The molecule has 1 N–H and O–H groups in total. The predicted molar refractivity (Wildman–Crippen MR) is 136 cm³/mol. The van der Waals surface area contributed by atoms with E-state index in [0.717, 1.165) is 36.5 Å². The molecule has 3 aromatic rings. The van der Waals surface area contributed by atoms with Crippen molar-refractivity contribution < 1.29 is 14.6 Å². The maximum absolute atomic E-state index is 12.3. The summed E-state index contributed by atoms with van der Waals surface area (Å²) in [7, 11) is 1.69. The van der Waals surface area contributed by atoms with Gasteiger partial charge in [-0.2, -0.15) is 0 Å². The predicted octanol–water partition coefficient (Wildman–Crippen LogP) is 4.80. The van der Waals surface area contributed by atoms with E-state index in [1.54, 1.807) is 7.05 Å². The second-order valence-electron chi connectivity index (χ2n) is 9.38. The molecule has 1 amide bonds. The highest BCUT2D eigenvalue weighted by molar-refractivity contribution is 5.94. The lowest BCUT2D eigenvalue weighted by Crippen LogP contribution is -2.53. The Morgan fingerprint density at radius 2 is 1.56 bits per heavy atom. The summed E-state index contributed by atoms with van der Waals surface area (Å²) in [5.74, 6) is 1.36. The van der Waals surface area contributed by atoms with Crippen LogP contribution in [0.2, 0.25) is 0 Å². The summed E-state index contributed by atoms with van der Waals surface area (Å²) in [5, 5.41) is 9.01. The zero-order valence-electron chi connectivity index (χ0n) is 20.3. The molecule has 3 aromatic carbocycles. The first-order valence-electron chi connectivity index (χ1n) is 12.0. The minimum Gasteiger partial charge on any atom is -0.488 e. The van der Waals surface area contributed by atoms with Gasteiger partial charge in [-0.15, -0.1) is 0 Å². The van der Waals surface area contributed by atoms with Crippen LogP contribution in [0.3, 0.4) is 0 Å². The topological polar surface area (TPSA) is 53.0 Å². The molecule has 4 rings (SSSR count). The molecule has 178 valence electrons. The van der Waals surface area contributed by atoms with Gasteiger partial charge in [0.15, 0.2) is 0 Å². The normalized spacial score (nSPS) is 14.1. The number of amides is 1. The quantitative estimate of drug-likeness (QED) is 0.500. The molecule has 0 aromatic heterocycles. The van der Waals surface area contributed by atoms with Gasteiger partial charge in [0, 0.05) is 38.8 Å². The van der Waals surface area contributed by atoms with Crippen molar-refractivity contribution in [1.29, 1.82) is 0 Å². The van der Waals surface area contributed by atoms with Crippen LogP contribution in [0.25, 0.3) is 11.1 Å². The molecule has 0 radical (unpaired) electrons. The first-order valence-corrected chi connectivity index (χ1v) is 12.0. The molecular formula is C29H34N2O3. The Bertz CT molecular complexity index is 1070. The van der Waals surface area contributed by atoms with Gasteiger partial charge in [-0.05, 0) is 52.4 Å². The van der Waals surface area contributed by atoms with Gasteiger partial charge in [0.1, 0.15) is 11.9 Å². The number of likely N-dealkylation sites (tertiary alicyclic amines) is 1. The highest BCUT2D eigenvalue weighted by Crippen LogP contribution is 2.26. The number of hydrogen-bond donors (Lipinski definition) is 1. The van der Waals surface area contributed by atoms with Crippen molar-refractivity contribution in [2.75, 3.05) is 33.3 Å². The van der Waals surface area contributed by atoms with E-state index in [9.17, 15) is 4.79 Å². The molecule has 5 nitrogen and oxygen atoms in total. The number of likely N-dealkylation sites (N-methyl/N-ethyl adjacent to an activating group) is 1. The molecule has 1 aliphatic heterocycles. The summed E-state index contributed by atoms with van der Waals surface area (Å²) < 4.78 is 6.15. The van der Waals surface area contributed by atoms with Crippen LogP contribution in [0.5, 0.6) is 5.75 Å². The highest BCUT2D eigenvalue weighted by atomic mass is 16.5. The lowest BCUT2D eigenvalue weighted by atomic mass is 10.0. The van der Waals surface area contributed by atoms with Crippen molar-refractivity contribution in [3.63, 3.8) is 0 Å². The van der Waals surface area contributed by atoms with Crippen LogP contribution in [0.1, 0.15) is 41.3 Å². The SMILES string of the molecule is CC(C)c1ccc(CN2CC(Oc3ccc(-c4ccc(C(=O)N(C)CCO)cc4)cc3)C2)cc1. The van der Waals surface area contributed by atoms with E-state index in [0.29, 0.717) is 18.0 Å². The van der Waals surface area contributed by atoms with Gasteiger partial charge in [0.25, 0.3) is 5.91 Å². The first kappa shape index (κ1) is 24.0. The van der Waals surface area contributed by atoms with Crippen molar-refractivity contribution >= 4 is 5.91 Å². The lowest BCUT2D eigenvalue weighted by Gasteiger charge is -2.39. The number of aliphatic hydroxyl groups is 1. The van der Waals surface area contributed by atoms with E-state index in [4.69, 9.17) is 9.84 Å². The standard InChI is InChI=1S/C29H34N2O3/c1-21(2)23-6-4-22(5-7-23)18-31-19-28(20-31)34-27-14-12-25(13-15-27)24-8-10-26(11-9-24)29(33)30(3)16-17-32/h4-15,21,28,32H,16-20H2,1-3H3. The van der Waals surface area contributed by atoms with Crippen molar-refractivity contribution in [3.05, 3.63) is 89.5 Å². The van der Waals surface area contributed by atoms with Gasteiger partial charge in [-0.3, -0.25) is 9.69 Å². The molecule has 0 spiro atoms. The summed E-state index contributed by atoms with van der Waals surface area (Å²) in [6.07, 6.45) is 0.224. The molecule has 1 heterocycles. The van der Waals surface area contributed by atoms with E-state index in [2.05, 4.69) is 55.1 Å². The number of rotatable bonds is 9. The van der Waals surface area contributed by atoms with Gasteiger partial charge < -0.3 is 14.7 Å². The van der Waals surface area contributed by atoms with Gasteiger partial charge >= 0.3 is 0 Å². The molecular weight excluding hydrogens is 424 g/mol. The van der Waals surface area contributed by atoms with Crippen LogP contribution in [0, 0.1) is 0 Å². The fourth-order valence-electron chi connectivity index (χ4n) is 4.19. The van der Waals surface area contributed by atoms with E-state index in [1.165, 1.54) is 16.0 Å². The Kier molecular flexibility index (Phi) is 7.66. The number of carbonyl (C=O) groups excluding carboxylic acids is 1. The Balaban J connectivity index is 1.26. The van der Waals surface area contributed by atoms with Gasteiger partial charge in [0.05, 0.1) is 6.61 Å². The van der Waals surface area contributed by atoms with Crippen LogP contribution < -0.4 is 4.74 Å². The third kappa shape index (κ3) is 5.85. The third-order valence-electron chi connectivity index (χ3n) is 6.38. The summed E-state index contributed by atoms with van der Waals surface area (Å²) in [6, 6.07) is 24.6. The number of aliphatic hydroxyl groups excluding tert-OH is 1. The minimum absolute atomic E-state index is 0.0418. The Hall–Kier alpha value is -3.15. The molecule has 0 atom stereocenters. The van der Waals surface area contributed by atoms with Crippen molar-refractivity contribution in [1.82, 2.24) is 9.80 Å². The smallest absolute Gasteiger partial charge is 0.253 e. The molecule has 1 fully saturated rings. The molecule has 1 aliphatic rings. The van der Waals surface area contributed by atoms with Crippen molar-refractivity contribution in [2.24, 2.45) is 0 Å². The van der Waals surface area contributed by atoms with E-state index in [1.807, 2.05) is 36.4 Å². The molecule has 0 bridgehead atoms. The zero-order chi connectivity index (χ0) is 24.1. The number of nitrogens with zero attached hydrogens (tertiary/aromatic N) is 2. The largest absolute Gasteiger partial charge is 0.488 e. The summed E-state index contributed by atoms with van der Waals surface area (Å²) in [5.41, 5.74) is 5.47. The van der Waals surface area contributed by atoms with Crippen LogP contribution in [-0.4, -0.2) is 60.2 Å². The summed E-state index contributed by atoms with van der Waals surface area (Å²) in [6.45, 7) is 7.56. The highest BCUT2D eigenvalue weighted by Gasteiger charge is 2.28. The minimum atomic E-state index is -0.0912. The molecule has 0 aliphatic carbocycles. The Labute approximate surface area is 202 Å². The fraction of sp³-hybridized carbons (Fsp3) is 0.345. The summed E-state index contributed by atoms with van der Waals surface area (Å²) in [4.78, 5) is 16.2. The second kappa shape index (κ2) is 10.9. The summed E-state index contributed by atoms with van der Waals surface area (Å²) >= 11 is 0. The third-order valence-corrected chi connectivity index (χ3v) is 6.38. The monoisotopic (exact) mass is 458 g/mol. The van der Waals surface area contributed by atoms with Crippen molar-refractivity contribution in [2.45, 2.75) is 32.4 Å². The first-order chi connectivity index (χ1) is 16.4. The molecule has 0 unspecified atom stereocenters. The average molecular weight is 459 g/mol. The van der Waals surface area contributed by atoms with E-state index >= 15 is 0 Å². The van der Waals surface area contributed by atoms with Crippen molar-refractivity contribution in [3.8, 4) is 16.9 Å². The molecule has 0 saturated carbocycles. The maximum Gasteiger partial charge on any atom is 0.253 e. The Morgan fingerprint density at radius 1 is 0.971 bits per heavy atom. The average Bonchev–Trinajstić information content (AvgIpc) is 2.83. The molecule has 5 heteroatoms. The van der Waals surface area contributed by atoms with E-state index in [-0.39, 0.29) is 18.6 Å².